The van der Waals surface area contributed by atoms with Crippen LogP contribution >= 0.6 is 0 Å². The Morgan fingerprint density at radius 1 is 1.25 bits per heavy atom. The minimum absolute atomic E-state index is 0. The average Bonchev–Trinajstić information content (AvgIpc) is 1.41. The first-order chi connectivity index (χ1) is 2.41. The molecule has 0 aromatic carbocycles. The van der Waals surface area contributed by atoms with Crippen LogP contribution in [0.4, 0.5) is 0 Å². The summed E-state index contributed by atoms with van der Waals surface area (Å²) >= 11 is 0. The zero-order chi connectivity index (χ0) is 4.12. The van der Waals surface area contributed by atoms with E-state index in [0.717, 1.165) is 13.0 Å². The SMILES string of the molecule is CCC[CH-][O-].[Rb+].[Rb+].[Rb+]. The van der Waals surface area contributed by atoms with Crippen LogP contribution in [0.2, 0.25) is 0 Å². The van der Waals surface area contributed by atoms with Gasteiger partial charge in [-0.15, -0.1) is 0 Å². The van der Waals surface area contributed by atoms with Crippen LogP contribution in [0.25, 0.3) is 0 Å². The van der Waals surface area contributed by atoms with Crippen molar-refractivity contribution >= 4 is 0 Å². The molecule has 8 heavy (non-hydrogen) atoms. The molecule has 0 aromatic heterocycles. The van der Waals surface area contributed by atoms with E-state index in [1.54, 1.807) is 0 Å². The van der Waals surface area contributed by atoms with Crippen molar-refractivity contribution in [2.45, 2.75) is 19.8 Å². The molecule has 0 aliphatic heterocycles. The number of unbranched alkanes of at least 4 members (excludes halogenated alkanes) is 1. The number of hydrogen-bond donors (Lipinski definition) is 0. The fraction of sp³-hybridized carbons (Fsp3) is 0.750. The molecule has 0 bridgehead atoms. The van der Waals surface area contributed by atoms with E-state index in [1.807, 2.05) is 6.92 Å². The van der Waals surface area contributed by atoms with Crippen molar-refractivity contribution in [1.29, 1.82) is 0 Å². The van der Waals surface area contributed by atoms with Crippen LogP contribution < -0.4 is 180 Å². The van der Waals surface area contributed by atoms with E-state index in [-0.39, 0.29) is 175 Å². The summed E-state index contributed by atoms with van der Waals surface area (Å²) < 4.78 is 0. The quantitative estimate of drug-likeness (QED) is 0.462. The summed E-state index contributed by atoms with van der Waals surface area (Å²) in [6.45, 7) is 2.91. The summed E-state index contributed by atoms with van der Waals surface area (Å²) in [7, 11) is 0. The van der Waals surface area contributed by atoms with Crippen LogP contribution in [0.1, 0.15) is 19.8 Å². The molecular weight excluding hydrogens is 320 g/mol. The largest absolute Gasteiger partial charge is 1.03 e. The molecule has 4 heteroatoms. The van der Waals surface area contributed by atoms with Gasteiger partial charge in [0.15, 0.2) is 0 Å². The van der Waals surface area contributed by atoms with Gasteiger partial charge >= 0.3 is 175 Å². The Morgan fingerprint density at radius 3 is 1.62 bits per heavy atom. The molecule has 0 N–H and O–H groups in total. The Morgan fingerprint density at radius 2 is 1.62 bits per heavy atom. The van der Waals surface area contributed by atoms with Crippen LogP contribution in [0.5, 0.6) is 0 Å². The van der Waals surface area contributed by atoms with Crippen LogP contribution in [0.15, 0.2) is 0 Å². The molecule has 0 aliphatic rings. The Bertz CT molecular complexity index is 18.8. The van der Waals surface area contributed by atoms with E-state index in [4.69, 9.17) is 0 Å². The molecule has 0 fully saturated rings. The summed E-state index contributed by atoms with van der Waals surface area (Å²) in [4.78, 5) is 0. The Balaban J connectivity index is -0.0000000267. The Kier molecular flexibility index (Phi) is 66.5. The molecule has 32 valence electrons. The zero-order valence-electron chi connectivity index (χ0n) is 6.40. The van der Waals surface area contributed by atoms with Crippen molar-refractivity contribution in [3.63, 3.8) is 0 Å². The first-order valence-corrected chi connectivity index (χ1v) is 1.85. The minimum Gasteiger partial charge on any atom is -1.03 e. The second-order valence-corrected chi connectivity index (χ2v) is 0.955. The van der Waals surface area contributed by atoms with Gasteiger partial charge in [0.1, 0.15) is 0 Å². The van der Waals surface area contributed by atoms with Gasteiger partial charge in [-0.05, 0) is 0 Å². The van der Waals surface area contributed by atoms with Crippen molar-refractivity contribution in [2.24, 2.45) is 0 Å². The van der Waals surface area contributed by atoms with Gasteiger partial charge in [-0.3, -0.25) is 0 Å². The summed E-state index contributed by atoms with van der Waals surface area (Å²) in [6, 6.07) is 0. The summed E-state index contributed by atoms with van der Waals surface area (Å²) in [5, 5.41) is 9.40. The van der Waals surface area contributed by atoms with Crippen molar-refractivity contribution in [3.05, 3.63) is 6.61 Å². The van der Waals surface area contributed by atoms with Crippen LogP contribution in [0, 0.1) is 6.61 Å². The fourth-order valence-electron chi connectivity index (χ4n) is 0.118. The van der Waals surface area contributed by atoms with Gasteiger partial charge in [-0.2, -0.15) is 0 Å². The molecule has 1 nitrogen and oxygen atoms in total. The fourth-order valence-corrected chi connectivity index (χ4v) is 0.118. The zero-order valence-corrected chi connectivity index (χ0v) is 21.1. The predicted octanol–water partition coefficient (Wildman–Crippen LogP) is -8.68. The van der Waals surface area contributed by atoms with E-state index < -0.39 is 0 Å². The maximum absolute atomic E-state index is 9.40. The maximum atomic E-state index is 9.40. The molecule has 0 unspecified atom stereocenters. The van der Waals surface area contributed by atoms with Gasteiger partial charge in [-0.25, -0.2) is 6.42 Å². The predicted molar refractivity (Wildman–Crippen MR) is 19.2 cm³/mol. The molecule has 0 saturated heterocycles. The van der Waals surface area contributed by atoms with Gasteiger partial charge in [-0.1, -0.05) is 13.3 Å². The van der Waals surface area contributed by atoms with E-state index in [0.29, 0.717) is 6.42 Å². The van der Waals surface area contributed by atoms with E-state index in [1.165, 1.54) is 0 Å². The molecule has 0 amide bonds. The third-order valence-corrected chi connectivity index (χ3v) is 0.407. The standard InChI is InChI=1S/C4H8O.3Rb/c1-2-3-4-5;;;/h4H,2-3H2,1H3;;;/q-2;3*+1. The maximum Gasteiger partial charge on any atom is 1.00 e. The van der Waals surface area contributed by atoms with Crippen LogP contribution in [0.3, 0.4) is 0 Å². The summed E-state index contributed by atoms with van der Waals surface area (Å²) in [5.41, 5.74) is 0. The van der Waals surface area contributed by atoms with Crippen molar-refractivity contribution in [2.75, 3.05) is 0 Å². The molecular formula is C4H8ORb3+. The Labute approximate surface area is 199 Å². The second-order valence-electron chi connectivity index (χ2n) is 0.955. The molecule has 0 spiro atoms. The second kappa shape index (κ2) is 22.8. The first-order valence-electron chi connectivity index (χ1n) is 1.85. The number of rotatable bonds is 2. The van der Waals surface area contributed by atoms with Gasteiger partial charge in [0.05, 0.1) is 0 Å². The van der Waals surface area contributed by atoms with Crippen molar-refractivity contribution in [1.82, 2.24) is 0 Å². The molecule has 0 aromatic rings. The van der Waals surface area contributed by atoms with Gasteiger partial charge in [0.25, 0.3) is 0 Å². The van der Waals surface area contributed by atoms with E-state index in [9.17, 15) is 5.11 Å². The average molecular weight is 329 g/mol. The molecule has 0 heterocycles. The van der Waals surface area contributed by atoms with Gasteiger partial charge in [0.2, 0.25) is 0 Å². The third kappa shape index (κ3) is 22.5. The van der Waals surface area contributed by atoms with Crippen LogP contribution in [-0.2, 0) is 0 Å². The summed E-state index contributed by atoms with van der Waals surface area (Å²) in [5.74, 6) is 0. The van der Waals surface area contributed by atoms with E-state index in [2.05, 4.69) is 0 Å². The Hall–Kier alpha value is 5.38. The number of hydrogen-bond acceptors (Lipinski definition) is 1. The summed E-state index contributed by atoms with van der Waals surface area (Å²) in [6.07, 6.45) is 1.68. The molecule has 0 saturated carbocycles. The van der Waals surface area contributed by atoms with Crippen molar-refractivity contribution in [3.8, 4) is 0 Å². The van der Waals surface area contributed by atoms with E-state index >= 15 is 0 Å². The molecule has 0 atom stereocenters. The third-order valence-electron chi connectivity index (χ3n) is 0.407. The van der Waals surface area contributed by atoms with Crippen molar-refractivity contribution < 1.29 is 180 Å². The first kappa shape index (κ1) is 23.3. The normalized spacial score (nSPS) is 5.25. The van der Waals surface area contributed by atoms with Crippen LogP contribution in [-0.4, -0.2) is 0 Å². The minimum atomic E-state index is 0. The molecule has 0 aliphatic carbocycles. The smallest absolute Gasteiger partial charge is 1.00 e. The van der Waals surface area contributed by atoms with Gasteiger partial charge < -0.3 is 11.7 Å². The monoisotopic (exact) mass is 327 g/mol. The van der Waals surface area contributed by atoms with Gasteiger partial charge in [0, 0.05) is 0 Å². The molecule has 0 rings (SSSR count). The molecule has 0 radical (unpaired) electrons. The topological polar surface area (TPSA) is 23.1 Å².